The lowest BCUT2D eigenvalue weighted by Gasteiger charge is -2.34. The van der Waals surface area contributed by atoms with Crippen molar-refractivity contribution in [3.05, 3.63) is 58.1 Å². The number of aromatic hydroxyl groups is 1. The maximum Gasteiger partial charge on any atom is 0.239 e. The number of aryl methyl sites for hydroxylation is 1. The molecular weight excluding hydrogens is 322 g/mol. The van der Waals surface area contributed by atoms with Gasteiger partial charge in [0, 0.05) is 0 Å². The van der Waals surface area contributed by atoms with Gasteiger partial charge in [0.2, 0.25) is 5.91 Å². The van der Waals surface area contributed by atoms with E-state index in [0.717, 1.165) is 48.1 Å². The van der Waals surface area contributed by atoms with Crippen molar-refractivity contribution in [2.24, 2.45) is 5.92 Å². The van der Waals surface area contributed by atoms with Crippen LogP contribution >= 0.6 is 11.6 Å². The molecule has 124 valence electrons. The fourth-order valence-corrected chi connectivity index (χ4v) is 4.69. The Morgan fingerprint density at radius 3 is 2.46 bits per heavy atom. The molecule has 0 radical (unpaired) electrons. The summed E-state index contributed by atoms with van der Waals surface area (Å²) < 4.78 is 0. The molecule has 0 spiro atoms. The fraction of sp³-hybridized carbons (Fsp3) is 0.350. The minimum atomic E-state index is -0.711. The third-order valence-corrected chi connectivity index (χ3v) is 6.13. The molecule has 3 nitrogen and oxygen atoms in total. The Morgan fingerprint density at radius 1 is 1.12 bits per heavy atom. The zero-order valence-electron chi connectivity index (χ0n) is 13.6. The lowest BCUT2D eigenvalue weighted by atomic mass is 9.65. The lowest BCUT2D eigenvalue weighted by Crippen LogP contribution is -2.42. The van der Waals surface area contributed by atoms with Gasteiger partial charge in [0.25, 0.3) is 0 Å². The summed E-state index contributed by atoms with van der Waals surface area (Å²) in [6, 6.07) is 11.1. The maximum atomic E-state index is 13.3. The number of anilines is 1. The van der Waals surface area contributed by atoms with Crippen molar-refractivity contribution in [2.45, 2.75) is 38.0 Å². The molecule has 1 heterocycles. The molecule has 2 aliphatic rings. The van der Waals surface area contributed by atoms with Crippen LogP contribution in [0.1, 0.15) is 42.4 Å². The smallest absolute Gasteiger partial charge is 0.239 e. The topological polar surface area (TPSA) is 49.3 Å². The predicted molar refractivity (Wildman–Crippen MR) is 95.7 cm³/mol. The average Bonchev–Trinajstić information content (AvgIpc) is 3.19. The van der Waals surface area contributed by atoms with Gasteiger partial charge in [0.05, 0.1) is 10.7 Å². The van der Waals surface area contributed by atoms with Crippen LogP contribution in [0.2, 0.25) is 5.02 Å². The van der Waals surface area contributed by atoms with E-state index in [1.54, 1.807) is 12.1 Å². The number of hydrogen-bond acceptors (Lipinski definition) is 2. The SMILES string of the molecule is Cc1ccc2c(c1Cl)NC(=O)C2(c1ccc(O)cc1)C1CCCC1. The van der Waals surface area contributed by atoms with Gasteiger partial charge in [-0.25, -0.2) is 0 Å². The van der Waals surface area contributed by atoms with E-state index >= 15 is 0 Å². The number of amides is 1. The Balaban J connectivity index is 2.00. The molecule has 1 aliphatic heterocycles. The number of nitrogens with one attached hydrogen (secondary N) is 1. The molecule has 2 aromatic rings. The van der Waals surface area contributed by atoms with Crippen molar-refractivity contribution >= 4 is 23.2 Å². The van der Waals surface area contributed by atoms with Gasteiger partial charge in [-0.05, 0) is 54.5 Å². The zero-order valence-corrected chi connectivity index (χ0v) is 14.4. The van der Waals surface area contributed by atoms with E-state index in [1.807, 2.05) is 31.2 Å². The van der Waals surface area contributed by atoms with E-state index in [-0.39, 0.29) is 17.6 Å². The fourth-order valence-electron chi connectivity index (χ4n) is 4.48. The van der Waals surface area contributed by atoms with Gasteiger partial charge in [0.15, 0.2) is 0 Å². The number of rotatable bonds is 2. The van der Waals surface area contributed by atoms with E-state index in [1.165, 1.54) is 0 Å². The van der Waals surface area contributed by atoms with Crippen LogP contribution in [0.25, 0.3) is 0 Å². The van der Waals surface area contributed by atoms with E-state index in [4.69, 9.17) is 11.6 Å². The molecule has 24 heavy (non-hydrogen) atoms. The first-order chi connectivity index (χ1) is 11.5. The van der Waals surface area contributed by atoms with Crippen molar-refractivity contribution in [2.75, 3.05) is 5.32 Å². The van der Waals surface area contributed by atoms with E-state index in [9.17, 15) is 9.90 Å². The first-order valence-corrected chi connectivity index (χ1v) is 8.83. The number of hydrogen-bond donors (Lipinski definition) is 2. The molecule has 0 bridgehead atoms. The third kappa shape index (κ3) is 2.01. The normalized spacial score (nSPS) is 23.3. The number of phenols is 1. The van der Waals surface area contributed by atoms with Crippen LogP contribution in [-0.2, 0) is 10.2 Å². The predicted octanol–water partition coefficient (Wildman–Crippen LogP) is 4.78. The van der Waals surface area contributed by atoms with Crippen molar-refractivity contribution in [1.82, 2.24) is 0 Å². The highest BCUT2D eigenvalue weighted by Crippen LogP contribution is 2.54. The van der Waals surface area contributed by atoms with Crippen molar-refractivity contribution in [1.29, 1.82) is 0 Å². The number of fused-ring (bicyclic) bond motifs is 1. The summed E-state index contributed by atoms with van der Waals surface area (Å²) in [5.41, 5.74) is 2.91. The zero-order chi connectivity index (χ0) is 16.9. The van der Waals surface area contributed by atoms with Crippen molar-refractivity contribution < 1.29 is 9.90 Å². The Bertz CT molecular complexity index is 809. The molecule has 1 saturated carbocycles. The number of phenolic OH excluding ortho intramolecular Hbond substituents is 1. The van der Waals surface area contributed by atoms with Gasteiger partial charge in [-0.15, -0.1) is 0 Å². The molecule has 1 aliphatic carbocycles. The van der Waals surface area contributed by atoms with Gasteiger partial charge in [0.1, 0.15) is 11.2 Å². The molecule has 4 heteroatoms. The van der Waals surface area contributed by atoms with E-state index in [0.29, 0.717) is 5.02 Å². The average molecular weight is 342 g/mol. The van der Waals surface area contributed by atoms with Crippen LogP contribution in [0.3, 0.4) is 0 Å². The number of halogens is 1. The van der Waals surface area contributed by atoms with Crippen molar-refractivity contribution in [3.63, 3.8) is 0 Å². The molecule has 1 fully saturated rings. The number of carbonyl (C=O) groups excluding carboxylic acids is 1. The molecule has 1 atom stereocenters. The summed E-state index contributed by atoms with van der Waals surface area (Å²) in [6.45, 7) is 1.95. The second kappa shape index (κ2) is 5.52. The highest BCUT2D eigenvalue weighted by atomic mass is 35.5. The van der Waals surface area contributed by atoms with Crippen LogP contribution < -0.4 is 5.32 Å². The molecule has 2 N–H and O–H groups in total. The van der Waals surface area contributed by atoms with Crippen LogP contribution in [0.4, 0.5) is 5.69 Å². The molecule has 4 rings (SSSR count). The molecule has 1 amide bonds. The summed E-state index contributed by atoms with van der Waals surface area (Å²) in [5, 5.41) is 13.3. The minimum Gasteiger partial charge on any atom is -0.508 e. The Morgan fingerprint density at radius 2 is 1.79 bits per heavy atom. The second-order valence-corrected chi connectivity index (χ2v) is 7.29. The molecule has 0 saturated heterocycles. The van der Waals surface area contributed by atoms with E-state index < -0.39 is 5.41 Å². The Hall–Kier alpha value is -2.00. The van der Waals surface area contributed by atoms with Gasteiger partial charge in [-0.3, -0.25) is 4.79 Å². The minimum absolute atomic E-state index is 0.00240. The maximum absolute atomic E-state index is 13.3. The standard InChI is InChI=1S/C20H20ClNO2/c1-12-6-11-16-18(17(12)21)22-19(24)20(16,13-4-2-3-5-13)14-7-9-15(23)10-8-14/h6-11,13,23H,2-5H2,1H3,(H,22,24). The quantitative estimate of drug-likeness (QED) is 0.825. The Labute approximate surface area is 146 Å². The summed E-state index contributed by atoms with van der Waals surface area (Å²) in [5.74, 6) is 0.463. The monoisotopic (exact) mass is 341 g/mol. The first-order valence-electron chi connectivity index (χ1n) is 8.45. The summed E-state index contributed by atoms with van der Waals surface area (Å²) >= 11 is 6.50. The Kier molecular flexibility index (Phi) is 3.57. The number of benzene rings is 2. The van der Waals surface area contributed by atoms with E-state index in [2.05, 4.69) is 5.32 Å². The summed E-state index contributed by atoms with van der Waals surface area (Å²) in [7, 11) is 0. The highest BCUT2D eigenvalue weighted by molar-refractivity contribution is 6.35. The highest BCUT2D eigenvalue weighted by Gasteiger charge is 2.54. The molecule has 2 aromatic carbocycles. The van der Waals surface area contributed by atoms with Gasteiger partial charge in [-0.1, -0.05) is 48.7 Å². The lowest BCUT2D eigenvalue weighted by molar-refractivity contribution is -0.121. The largest absolute Gasteiger partial charge is 0.508 e. The van der Waals surface area contributed by atoms with Gasteiger partial charge >= 0.3 is 0 Å². The van der Waals surface area contributed by atoms with Crippen LogP contribution in [-0.4, -0.2) is 11.0 Å². The third-order valence-electron chi connectivity index (χ3n) is 5.65. The van der Waals surface area contributed by atoms with Gasteiger partial charge in [-0.2, -0.15) is 0 Å². The second-order valence-electron chi connectivity index (χ2n) is 6.91. The van der Waals surface area contributed by atoms with Crippen molar-refractivity contribution in [3.8, 4) is 5.75 Å². The molecule has 0 aromatic heterocycles. The summed E-state index contributed by atoms with van der Waals surface area (Å²) in [6.07, 6.45) is 4.35. The van der Waals surface area contributed by atoms with Gasteiger partial charge < -0.3 is 10.4 Å². The van der Waals surface area contributed by atoms with Crippen LogP contribution in [0, 0.1) is 12.8 Å². The van der Waals surface area contributed by atoms with Crippen LogP contribution in [0.15, 0.2) is 36.4 Å². The molecular formula is C20H20ClNO2. The first kappa shape index (κ1) is 15.5. The number of carbonyl (C=O) groups is 1. The molecule has 1 unspecified atom stereocenters. The summed E-state index contributed by atoms with van der Waals surface area (Å²) in [4.78, 5) is 13.3. The van der Waals surface area contributed by atoms with Crippen LogP contribution in [0.5, 0.6) is 5.75 Å².